The molecule has 0 saturated heterocycles. The van der Waals surface area contributed by atoms with E-state index < -0.39 is 0 Å². The molecule has 0 spiro atoms. The lowest BCUT2D eigenvalue weighted by Gasteiger charge is -2.29. The SMILES string of the molecule is c1ccc(-n2c3ccccc3c3cc(-c4ccc(-c5ccc(N(c6ccc(-n7c8ccccc8c8ccccc87)c7ccccc67)c6ccc(-n7c8ccccc8c8ccccc87)c7ccccc67)cc5)cc4)ccc32)cc1. The van der Waals surface area contributed by atoms with Gasteiger partial charge in [-0.05, 0) is 113 Å². The number of aromatic nitrogens is 3. The molecule has 3 heterocycles. The Morgan fingerprint density at radius 1 is 0.205 bits per heavy atom. The number of hydrogen-bond donors (Lipinski definition) is 0. The van der Waals surface area contributed by atoms with Gasteiger partial charge in [-0.2, -0.15) is 0 Å². The Bertz CT molecular complexity index is 4710. The van der Waals surface area contributed by atoms with Gasteiger partial charge in [0.05, 0.1) is 55.8 Å². The fourth-order valence-corrected chi connectivity index (χ4v) is 12.8. The number of para-hydroxylation sites is 6. The van der Waals surface area contributed by atoms with Crippen molar-refractivity contribution in [3.05, 3.63) is 291 Å². The van der Waals surface area contributed by atoms with Gasteiger partial charge < -0.3 is 18.6 Å². The maximum Gasteiger partial charge on any atom is 0.0542 e. The van der Waals surface area contributed by atoms with E-state index in [9.17, 15) is 0 Å². The fraction of sp³-hybridized carbons (Fsp3) is 0. The van der Waals surface area contributed by atoms with E-state index in [0.717, 1.165) is 44.8 Å². The van der Waals surface area contributed by atoms with Crippen LogP contribution < -0.4 is 4.90 Å². The number of benzene rings is 13. The second-order valence-corrected chi connectivity index (χ2v) is 20.4. The van der Waals surface area contributed by atoms with E-state index in [0.29, 0.717) is 0 Å². The van der Waals surface area contributed by atoms with Gasteiger partial charge in [-0.25, -0.2) is 0 Å². The number of anilines is 3. The second kappa shape index (κ2) is 17.6. The third-order valence-corrected chi connectivity index (χ3v) is 16.2. The standard InChI is InChI=1S/C74H48N4/c1-2-18-53(19-3-1)75-65-29-13-12-28-63(65)64-48-52(40-43-74(64)75)51-36-34-49(35-37-51)50-38-41-54(42-39-50)76(70-44-46-72(61-22-6-4-20-59(61)70)77-66-30-14-8-24-55(66)56-25-9-15-31-67(56)77)71-45-47-73(62-23-7-5-21-60(62)71)78-68-32-16-10-26-57(68)58-27-11-17-33-69(58)78/h1-48H. The number of fused-ring (bicyclic) bond motifs is 11. The normalized spacial score (nSPS) is 11.8. The molecule has 0 unspecified atom stereocenters. The summed E-state index contributed by atoms with van der Waals surface area (Å²) >= 11 is 0. The van der Waals surface area contributed by atoms with Gasteiger partial charge in [0.15, 0.2) is 0 Å². The molecule has 0 aliphatic rings. The summed E-state index contributed by atoms with van der Waals surface area (Å²) in [5.41, 5.74) is 18.6. The zero-order valence-electron chi connectivity index (χ0n) is 42.5. The van der Waals surface area contributed by atoms with Crippen molar-refractivity contribution in [1.82, 2.24) is 13.7 Å². The zero-order valence-corrected chi connectivity index (χ0v) is 42.5. The molecule has 0 radical (unpaired) electrons. The summed E-state index contributed by atoms with van der Waals surface area (Å²) in [5, 5.41) is 12.2. The molecule has 0 aliphatic carbocycles. The van der Waals surface area contributed by atoms with Crippen molar-refractivity contribution >= 4 is 104 Å². The van der Waals surface area contributed by atoms with Crippen LogP contribution in [0.4, 0.5) is 17.1 Å². The van der Waals surface area contributed by atoms with Gasteiger partial charge in [0.2, 0.25) is 0 Å². The van der Waals surface area contributed by atoms with Gasteiger partial charge >= 0.3 is 0 Å². The number of nitrogens with zero attached hydrogens (tertiary/aromatic N) is 4. The van der Waals surface area contributed by atoms with E-state index in [1.165, 1.54) is 98.6 Å². The molecule has 0 fully saturated rings. The first-order chi connectivity index (χ1) is 38.7. The Balaban J connectivity index is 0.840. The molecule has 0 amide bonds. The highest BCUT2D eigenvalue weighted by Crippen LogP contribution is 2.47. The molecule has 78 heavy (non-hydrogen) atoms. The smallest absolute Gasteiger partial charge is 0.0542 e. The van der Waals surface area contributed by atoms with Gasteiger partial charge in [0.1, 0.15) is 0 Å². The van der Waals surface area contributed by atoms with Crippen molar-refractivity contribution in [2.45, 2.75) is 0 Å². The molecule has 3 aromatic heterocycles. The Morgan fingerprint density at radius 3 is 0.974 bits per heavy atom. The summed E-state index contributed by atoms with van der Waals surface area (Å²) in [4.78, 5) is 2.48. The van der Waals surface area contributed by atoms with Gasteiger partial charge in [-0.15, -0.1) is 0 Å². The maximum atomic E-state index is 2.48. The number of rotatable bonds is 8. The van der Waals surface area contributed by atoms with Crippen LogP contribution in [0.25, 0.3) is 126 Å². The Morgan fingerprint density at radius 2 is 0.526 bits per heavy atom. The molecule has 13 aromatic carbocycles. The van der Waals surface area contributed by atoms with E-state index in [2.05, 4.69) is 310 Å². The van der Waals surface area contributed by atoms with E-state index >= 15 is 0 Å². The average molecular weight is 993 g/mol. The molecule has 0 N–H and O–H groups in total. The molecule has 0 bridgehead atoms. The third kappa shape index (κ3) is 6.73. The van der Waals surface area contributed by atoms with Crippen molar-refractivity contribution in [3.8, 4) is 39.3 Å². The third-order valence-electron chi connectivity index (χ3n) is 16.2. The Kier molecular flexibility index (Phi) is 9.91. The van der Waals surface area contributed by atoms with Gasteiger partial charge in [-0.1, -0.05) is 200 Å². The van der Waals surface area contributed by atoms with Gasteiger partial charge in [0.25, 0.3) is 0 Å². The highest BCUT2D eigenvalue weighted by molar-refractivity contribution is 6.15. The van der Waals surface area contributed by atoms with E-state index in [1.807, 2.05) is 0 Å². The van der Waals surface area contributed by atoms with Crippen molar-refractivity contribution in [2.75, 3.05) is 4.90 Å². The monoisotopic (exact) mass is 992 g/mol. The highest BCUT2D eigenvalue weighted by atomic mass is 15.1. The van der Waals surface area contributed by atoms with Crippen LogP contribution in [0.5, 0.6) is 0 Å². The number of hydrogen-bond acceptors (Lipinski definition) is 1. The first-order valence-corrected chi connectivity index (χ1v) is 26.8. The highest BCUT2D eigenvalue weighted by Gasteiger charge is 2.23. The van der Waals surface area contributed by atoms with Crippen molar-refractivity contribution < 1.29 is 0 Å². The molecule has 0 aliphatic heterocycles. The molecule has 16 rings (SSSR count). The molecule has 4 nitrogen and oxygen atoms in total. The summed E-state index contributed by atoms with van der Waals surface area (Å²) in [5.74, 6) is 0. The maximum absolute atomic E-state index is 2.48. The lowest BCUT2D eigenvalue weighted by molar-refractivity contribution is 1.18. The molecule has 364 valence electrons. The molecule has 0 saturated carbocycles. The minimum absolute atomic E-state index is 1.07. The Labute approximate surface area is 450 Å². The predicted octanol–water partition coefficient (Wildman–Crippen LogP) is 20.1. The van der Waals surface area contributed by atoms with Crippen LogP contribution in [0.1, 0.15) is 0 Å². The lowest BCUT2D eigenvalue weighted by Crippen LogP contribution is -2.12. The lowest BCUT2D eigenvalue weighted by atomic mass is 9.98. The quantitative estimate of drug-likeness (QED) is 0.148. The van der Waals surface area contributed by atoms with E-state index in [4.69, 9.17) is 0 Å². The van der Waals surface area contributed by atoms with Crippen LogP contribution in [0, 0.1) is 0 Å². The van der Waals surface area contributed by atoms with E-state index in [1.54, 1.807) is 0 Å². The van der Waals surface area contributed by atoms with Crippen LogP contribution in [0.15, 0.2) is 291 Å². The van der Waals surface area contributed by atoms with Crippen LogP contribution in [0.2, 0.25) is 0 Å². The van der Waals surface area contributed by atoms with Crippen molar-refractivity contribution in [1.29, 1.82) is 0 Å². The van der Waals surface area contributed by atoms with Crippen LogP contribution >= 0.6 is 0 Å². The average Bonchev–Trinajstić information content (AvgIpc) is 4.33. The zero-order chi connectivity index (χ0) is 51.3. The minimum Gasteiger partial charge on any atom is -0.309 e. The van der Waals surface area contributed by atoms with Crippen LogP contribution in [0.3, 0.4) is 0 Å². The van der Waals surface area contributed by atoms with Gasteiger partial charge in [-0.3, -0.25) is 0 Å². The summed E-state index contributed by atoms with van der Waals surface area (Å²) < 4.78 is 7.26. The topological polar surface area (TPSA) is 18.0 Å². The first-order valence-electron chi connectivity index (χ1n) is 26.8. The predicted molar refractivity (Wildman–Crippen MR) is 330 cm³/mol. The first kappa shape index (κ1) is 43.9. The van der Waals surface area contributed by atoms with E-state index in [-0.39, 0.29) is 0 Å². The van der Waals surface area contributed by atoms with Crippen molar-refractivity contribution in [2.24, 2.45) is 0 Å². The van der Waals surface area contributed by atoms with Gasteiger partial charge in [0, 0.05) is 65.2 Å². The van der Waals surface area contributed by atoms with Crippen LogP contribution in [-0.2, 0) is 0 Å². The largest absolute Gasteiger partial charge is 0.309 e. The summed E-state index contributed by atoms with van der Waals surface area (Å²) in [7, 11) is 0. The summed E-state index contributed by atoms with van der Waals surface area (Å²) in [6.45, 7) is 0. The summed E-state index contributed by atoms with van der Waals surface area (Å²) in [6, 6.07) is 107. The second-order valence-electron chi connectivity index (χ2n) is 20.4. The molecule has 4 heteroatoms. The van der Waals surface area contributed by atoms with Crippen LogP contribution in [-0.4, -0.2) is 13.7 Å². The molecule has 0 atom stereocenters. The molecular weight excluding hydrogens is 945 g/mol. The Hall–Kier alpha value is -10.4. The molecule has 16 aromatic rings. The fourth-order valence-electron chi connectivity index (χ4n) is 12.8. The minimum atomic E-state index is 1.07. The molecular formula is C74H48N4. The summed E-state index contributed by atoms with van der Waals surface area (Å²) in [6.07, 6.45) is 0. The van der Waals surface area contributed by atoms with Crippen molar-refractivity contribution in [3.63, 3.8) is 0 Å².